The van der Waals surface area contributed by atoms with Gasteiger partial charge in [0.25, 0.3) is 0 Å². The topological polar surface area (TPSA) is 31.2 Å². The Kier molecular flexibility index (Phi) is 5.57. The molecule has 0 aliphatic heterocycles. The molecule has 10 aromatic rings. The van der Waals surface area contributed by atoms with Crippen molar-refractivity contribution < 1.29 is 8.83 Å². The quantitative estimate of drug-likeness (QED) is 0.201. The van der Waals surface area contributed by atoms with E-state index in [4.69, 9.17) is 8.83 Å². The molecule has 7 aromatic carbocycles. The molecule has 47 heavy (non-hydrogen) atoms. The van der Waals surface area contributed by atoms with E-state index in [2.05, 4.69) is 162 Å². The molecule has 0 spiro atoms. The van der Waals surface area contributed by atoms with Crippen molar-refractivity contribution in [2.75, 3.05) is 0 Å². The molecule has 0 bridgehead atoms. The van der Waals surface area contributed by atoms with E-state index in [1.54, 1.807) is 0 Å². The van der Waals surface area contributed by atoms with Crippen molar-refractivity contribution >= 4 is 54.9 Å². The fourth-order valence-corrected chi connectivity index (χ4v) is 7.12. The van der Waals surface area contributed by atoms with Crippen molar-refractivity contribution in [1.29, 1.82) is 0 Å². The molecule has 0 atom stereocenters. The van der Waals surface area contributed by atoms with Gasteiger partial charge in [0.15, 0.2) is 5.58 Å². The lowest BCUT2D eigenvalue weighted by Crippen LogP contribution is -1.92. The second-order valence-electron chi connectivity index (χ2n) is 12.1. The number of para-hydroxylation sites is 2. The standard InChI is InChI=1S/C44H27NO2/c1-3-9-28(10-4-1)32-19-22-35-36-23-20-33(27-42(36)46-41(35)26-32)30-17-15-29(16-18-30)31-21-24-40-38(25-31)43-44(47-40)37-13-7-8-14-39(37)45(43)34-11-5-2-6-12-34/h1-27H. The Labute approximate surface area is 270 Å². The zero-order chi connectivity index (χ0) is 30.9. The zero-order valence-corrected chi connectivity index (χ0v) is 25.4. The van der Waals surface area contributed by atoms with E-state index in [1.807, 2.05) is 6.07 Å². The molecule has 0 N–H and O–H groups in total. The molecule has 0 radical (unpaired) electrons. The van der Waals surface area contributed by atoms with Gasteiger partial charge in [-0.1, -0.05) is 103 Å². The van der Waals surface area contributed by atoms with Crippen molar-refractivity contribution in [2.45, 2.75) is 0 Å². The summed E-state index contributed by atoms with van der Waals surface area (Å²) in [6, 6.07) is 57.7. The molecule has 10 rings (SSSR count). The van der Waals surface area contributed by atoms with Crippen molar-refractivity contribution in [3.05, 3.63) is 164 Å². The molecular weight excluding hydrogens is 574 g/mol. The Bertz CT molecular complexity index is 2760. The third-order valence-electron chi connectivity index (χ3n) is 9.42. The molecule has 0 saturated carbocycles. The SMILES string of the molecule is c1ccc(-c2ccc3c(c2)oc2cc(-c4ccc(-c5ccc6oc7c8ccccc8n(-c8ccccc8)c7c6c5)cc4)ccc23)cc1. The Hall–Kier alpha value is -6.32. The smallest absolute Gasteiger partial charge is 0.161 e. The van der Waals surface area contributed by atoms with Gasteiger partial charge in [-0.05, 0) is 94.0 Å². The van der Waals surface area contributed by atoms with Crippen LogP contribution in [0.3, 0.4) is 0 Å². The highest BCUT2D eigenvalue weighted by atomic mass is 16.3. The molecule has 0 fully saturated rings. The van der Waals surface area contributed by atoms with Gasteiger partial charge in [0.2, 0.25) is 0 Å². The van der Waals surface area contributed by atoms with Gasteiger partial charge in [0, 0.05) is 27.2 Å². The first-order valence-corrected chi connectivity index (χ1v) is 15.9. The van der Waals surface area contributed by atoms with E-state index in [-0.39, 0.29) is 0 Å². The number of benzene rings is 7. The summed E-state index contributed by atoms with van der Waals surface area (Å²) in [6.07, 6.45) is 0. The van der Waals surface area contributed by atoms with Crippen LogP contribution in [0.5, 0.6) is 0 Å². The van der Waals surface area contributed by atoms with Crippen LogP contribution in [0.4, 0.5) is 0 Å². The molecule has 0 aliphatic rings. The Balaban J connectivity index is 1.03. The third-order valence-corrected chi connectivity index (χ3v) is 9.42. The first kappa shape index (κ1) is 26.0. The number of hydrogen-bond acceptors (Lipinski definition) is 2. The normalized spacial score (nSPS) is 11.8. The highest BCUT2D eigenvalue weighted by molar-refractivity contribution is 6.17. The van der Waals surface area contributed by atoms with Crippen molar-refractivity contribution in [1.82, 2.24) is 4.57 Å². The minimum atomic E-state index is 0.890. The van der Waals surface area contributed by atoms with Gasteiger partial charge in [0.1, 0.15) is 22.3 Å². The van der Waals surface area contributed by atoms with Gasteiger partial charge in [-0.25, -0.2) is 0 Å². The minimum Gasteiger partial charge on any atom is -0.456 e. The zero-order valence-electron chi connectivity index (χ0n) is 25.4. The number of aromatic nitrogens is 1. The maximum absolute atomic E-state index is 6.49. The highest BCUT2D eigenvalue weighted by Gasteiger charge is 2.19. The van der Waals surface area contributed by atoms with E-state index in [0.29, 0.717) is 0 Å². The summed E-state index contributed by atoms with van der Waals surface area (Å²) in [5, 5.41) is 4.49. The van der Waals surface area contributed by atoms with Crippen molar-refractivity contribution in [3.8, 4) is 39.1 Å². The molecule has 0 saturated heterocycles. The van der Waals surface area contributed by atoms with Crippen LogP contribution in [0.1, 0.15) is 0 Å². The summed E-state index contributed by atoms with van der Waals surface area (Å²) in [7, 11) is 0. The number of furan rings is 2. The van der Waals surface area contributed by atoms with Gasteiger partial charge < -0.3 is 13.4 Å². The van der Waals surface area contributed by atoms with Gasteiger partial charge in [0.05, 0.1) is 5.52 Å². The molecule has 220 valence electrons. The van der Waals surface area contributed by atoms with E-state index in [0.717, 1.165) is 88.4 Å². The van der Waals surface area contributed by atoms with Crippen molar-refractivity contribution in [2.24, 2.45) is 0 Å². The molecule has 0 aliphatic carbocycles. The summed E-state index contributed by atoms with van der Waals surface area (Å²) < 4.78 is 15.2. The molecule has 0 amide bonds. The lowest BCUT2D eigenvalue weighted by atomic mass is 9.98. The van der Waals surface area contributed by atoms with Gasteiger partial charge >= 0.3 is 0 Å². The van der Waals surface area contributed by atoms with Crippen LogP contribution in [0.15, 0.2) is 173 Å². The molecule has 3 nitrogen and oxygen atoms in total. The fraction of sp³-hybridized carbons (Fsp3) is 0. The number of fused-ring (bicyclic) bond motifs is 8. The van der Waals surface area contributed by atoms with Crippen LogP contribution in [0, 0.1) is 0 Å². The molecule has 0 unspecified atom stereocenters. The van der Waals surface area contributed by atoms with Gasteiger partial charge in [-0.3, -0.25) is 0 Å². The minimum absolute atomic E-state index is 0.890. The van der Waals surface area contributed by atoms with Crippen LogP contribution < -0.4 is 0 Å². The van der Waals surface area contributed by atoms with Gasteiger partial charge in [-0.15, -0.1) is 0 Å². The summed E-state index contributed by atoms with van der Waals surface area (Å²) in [5.74, 6) is 0. The van der Waals surface area contributed by atoms with Crippen LogP contribution in [0.25, 0.3) is 94.0 Å². The predicted molar refractivity (Wildman–Crippen MR) is 194 cm³/mol. The summed E-state index contributed by atoms with van der Waals surface area (Å²) in [4.78, 5) is 0. The largest absolute Gasteiger partial charge is 0.456 e. The highest BCUT2D eigenvalue weighted by Crippen LogP contribution is 2.40. The molecule has 3 heterocycles. The Morgan fingerprint density at radius 1 is 0.340 bits per heavy atom. The second-order valence-corrected chi connectivity index (χ2v) is 12.1. The lowest BCUT2D eigenvalue weighted by Gasteiger charge is -2.08. The molecule has 3 aromatic heterocycles. The van der Waals surface area contributed by atoms with Crippen LogP contribution >= 0.6 is 0 Å². The fourth-order valence-electron chi connectivity index (χ4n) is 7.12. The van der Waals surface area contributed by atoms with E-state index < -0.39 is 0 Å². The van der Waals surface area contributed by atoms with Crippen LogP contribution in [-0.2, 0) is 0 Å². The predicted octanol–water partition coefficient (Wildman–Crippen LogP) is 12.4. The van der Waals surface area contributed by atoms with E-state index >= 15 is 0 Å². The third kappa shape index (κ3) is 4.07. The number of rotatable bonds is 4. The first-order chi connectivity index (χ1) is 23.3. The summed E-state index contributed by atoms with van der Waals surface area (Å²) in [6.45, 7) is 0. The van der Waals surface area contributed by atoms with Crippen LogP contribution in [-0.4, -0.2) is 4.57 Å². The summed E-state index contributed by atoms with van der Waals surface area (Å²) >= 11 is 0. The molecule has 3 heteroatoms. The Morgan fingerprint density at radius 3 is 1.55 bits per heavy atom. The lowest BCUT2D eigenvalue weighted by molar-refractivity contribution is 0.669. The van der Waals surface area contributed by atoms with E-state index in [1.165, 1.54) is 5.56 Å². The van der Waals surface area contributed by atoms with Crippen molar-refractivity contribution in [3.63, 3.8) is 0 Å². The number of nitrogens with zero attached hydrogens (tertiary/aromatic N) is 1. The first-order valence-electron chi connectivity index (χ1n) is 15.9. The molecular formula is C44H27NO2. The Morgan fingerprint density at radius 2 is 0.872 bits per heavy atom. The summed E-state index contributed by atoms with van der Waals surface area (Å²) in [5.41, 5.74) is 13.9. The number of hydrogen-bond donors (Lipinski definition) is 0. The monoisotopic (exact) mass is 601 g/mol. The maximum Gasteiger partial charge on any atom is 0.161 e. The van der Waals surface area contributed by atoms with Crippen LogP contribution in [0.2, 0.25) is 0 Å². The average Bonchev–Trinajstić information content (AvgIpc) is 3.80. The van der Waals surface area contributed by atoms with Gasteiger partial charge in [-0.2, -0.15) is 0 Å². The maximum atomic E-state index is 6.49. The van der Waals surface area contributed by atoms with E-state index in [9.17, 15) is 0 Å². The second kappa shape index (κ2) is 10.1. The average molecular weight is 602 g/mol.